The van der Waals surface area contributed by atoms with E-state index in [1.807, 2.05) is 0 Å². The van der Waals surface area contributed by atoms with E-state index < -0.39 is 0 Å². The molecule has 0 aromatic carbocycles. The molecule has 3 nitrogen and oxygen atoms in total. The minimum Gasteiger partial charge on any atom is -0.391 e. The summed E-state index contributed by atoms with van der Waals surface area (Å²) in [4.78, 5) is 0. The van der Waals surface area contributed by atoms with Gasteiger partial charge in [0, 0.05) is 6.61 Å². The van der Waals surface area contributed by atoms with Crippen LogP contribution >= 0.6 is 0 Å². The molecule has 1 saturated heterocycles. The van der Waals surface area contributed by atoms with E-state index in [2.05, 4.69) is 12.2 Å². The van der Waals surface area contributed by atoms with Crippen molar-refractivity contribution in [1.29, 1.82) is 0 Å². The Labute approximate surface area is 74.1 Å². The Morgan fingerprint density at radius 2 is 2.33 bits per heavy atom. The Bertz CT molecular complexity index is 119. The molecule has 0 saturated carbocycles. The Morgan fingerprint density at radius 3 is 3.00 bits per heavy atom. The molecule has 72 valence electrons. The average Bonchev–Trinajstić information content (AvgIpc) is 2.05. The summed E-state index contributed by atoms with van der Waals surface area (Å²) in [6.45, 7) is 5.51. The molecule has 2 N–H and O–H groups in total. The molecular formula is C9H19NO2. The fourth-order valence-electron chi connectivity index (χ4n) is 1.58. The maximum Gasteiger partial charge on any atom is 0.0777 e. The minimum absolute atomic E-state index is 0.231. The van der Waals surface area contributed by atoms with Crippen molar-refractivity contribution in [3.05, 3.63) is 0 Å². The van der Waals surface area contributed by atoms with Crippen LogP contribution in [0, 0.1) is 5.92 Å². The SMILES string of the molecule is CCNCCC1COCC(O)C1. The van der Waals surface area contributed by atoms with Crippen LogP contribution in [0.5, 0.6) is 0 Å². The molecular weight excluding hydrogens is 154 g/mol. The highest BCUT2D eigenvalue weighted by Gasteiger charge is 2.19. The van der Waals surface area contributed by atoms with Gasteiger partial charge in [-0.05, 0) is 31.8 Å². The predicted molar refractivity (Wildman–Crippen MR) is 48.1 cm³/mol. The molecule has 1 heterocycles. The standard InChI is InChI=1S/C9H19NO2/c1-2-10-4-3-8-5-9(11)7-12-6-8/h8-11H,2-7H2,1H3. The Balaban J connectivity index is 2.06. The Morgan fingerprint density at radius 1 is 1.50 bits per heavy atom. The lowest BCUT2D eigenvalue weighted by Crippen LogP contribution is -2.31. The Kier molecular flexibility index (Phi) is 4.58. The zero-order chi connectivity index (χ0) is 8.81. The van der Waals surface area contributed by atoms with E-state index in [1.165, 1.54) is 0 Å². The molecule has 3 heteroatoms. The molecule has 1 aliphatic rings. The van der Waals surface area contributed by atoms with Gasteiger partial charge in [0.25, 0.3) is 0 Å². The summed E-state index contributed by atoms with van der Waals surface area (Å²) in [7, 11) is 0. The highest BCUT2D eigenvalue weighted by atomic mass is 16.5. The quantitative estimate of drug-likeness (QED) is 0.604. The Hall–Kier alpha value is -0.120. The fraction of sp³-hybridized carbons (Fsp3) is 1.00. The molecule has 0 aromatic rings. The van der Waals surface area contributed by atoms with Crippen LogP contribution in [0.15, 0.2) is 0 Å². The van der Waals surface area contributed by atoms with E-state index in [-0.39, 0.29) is 6.10 Å². The van der Waals surface area contributed by atoms with Gasteiger partial charge in [-0.2, -0.15) is 0 Å². The van der Waals surface area contributed by atoms with Gasteiger partial charge in [0.1, 0.15) is 0 Å². The van der Waals surface area contributed by atoms with Gasteiger partial charge in [0.05, 0.1) is 12.7 Å². The predicted octanol–water partition coefficient (Wildman–Crippen LogP) is 0.383. The summed E-state index contributed by atoms with van der Waals surface area (Å²) >= 11 is 0. The lowest BCUT2D eigenvalue weighted by atomic mass is 9.97. The van der Waals surface area contributed by atoms with Gasteiger partial charge in [0.2, 0.25) is 0 Å². The number of ether oxygens (including phenoxy) is 1. The van der Waals surface area contributed by atoms with Gasteiger partial charge in [-0.25, -0.2) is 0 Å². The summed E-state index contributed by atoms with van der Waals surface area (Å²) in [5.74, 6) is 0.549. The van der Waals surface area contributed by atoms with Crippen LogP contribution in [0.25, 0.3) is 0 Å². The number of aliphatic hydroxyl groups is 1. The maximum atomic E-state index is 9.29. The van der Waals surface area contributed by atoms with Crippen molar-refractivity contribution < 1.29 is 9.84 Å². The number of hydrogen-bond donors (Lipinski definition) is 2. The van der Waals surface area contributed by atoms with Gasteiger partial charge < -0.3 is 15.2 Å². The molecule has 0 amide bonds. The second-order valence-electron chi connectivity index (χ2n) is 3.44. The maximum absolute atomic E-state index is 9.29. The van der Waals surface area contributed by atoms with Crippen LogP contribution in [0.1, 0.15) is 19.8 Å². The summed E-state index contributed by atoms with van der Waals surface area (Å²) in [5, 5.41) is 12.6. The smallest absolute Gasteiger partial charge is 0.0777 e. The second-order valence-corrected chi connectivity index (χ2v) is 3.44. The van der Waals surface area contributed by atoms with Gasteiger partial charge in [-0.15, -0.1) is 0 Å². The first-order chi connectivity index (χ1) is 5.83. The van der Waals surface area contributed by atoms with E-state index in [9.17, 15) is 5.11 Å². The first-order valence-corrected chi connectivity index (χ1v) is 4.79. The lowest BCUT2D eigenvalue weighted by Gasteiger charge is -2.25. The van der Waals surface area contributed by atoms with Crippen LogP contribution in [0.4, 0.5) is 0 Å². The van der Waals surface area contributed by atoms with Crippen LogP contribution < -0.4 is 5.32 Å². The third-order valence-corrected chi connectivity index (χ3v) is 2.25. The van der Waals surface area contributed by atoms with E-state index >= 15 is 0 Å². The molecule has 0 bridgehead atoms. The zero-order valence-corrected chi connectivity index (χ0v) is 7.75. The van der Waals surface area contributed by atoms with Crippen LogP contribution in [-0.2, 0) is 4.74 Å². The number of aliphatic hydroxyl groups excluding tert-OH is 1. The first-order valence-electron chi connectivity index (χ1n) is 4.79. The fourth-order valence-corrected chi connectivity index (χ4v) is 1.58. The van der Waals surface area contributed by atoms with Crippen LogP contribution in [0.2, 0.25) is 0 Å². The largest absolute Gasteiger partial charge is 0.391 e. The molecule has 2 unspecified atom stereocenters. The van der Waals surface area contributed by atoms with Crippen molar-refractivity contribution in [3.8, 4) is 0 Å². The second kappa shape index (κ2) is 5.51. The van der Waals surface area contributed by atoms with Crippen molar-refractivity contribution in [2.24, 2.45) is 5.92 Å². The van der Waals surface area contributed by atoms with Gasteiger partial charge in [0.15, 0.2) is 0 Å². The van der Waals surface area contributed by atoms with Crippen molar-refractivity contribution in [1.82, 2.24) is 5.32 Å². The van der Waals surface area contributed by atoms with Gasteiger partial charge in [-0.1, -0.05) is 6.92 Å². The van der Waals surface area contributed by atoms with Crippen LogP contribution in [-0.4, -0.2) is 37.5 Å². The van der Waals surface area contributed by atoms with E-state index in [1.54, 1.807) is 0 Å². The highest BCUT2D eigenvalue weighted by Crippen LogP contribution is 2.16. The molecule has 0 radical (unpaired) electrons. The first kappa shape index (κ1) is 9.96. The van der Waals surface area contributed by atoms with Crippen molar-refractivity contribution in [3.63, 3.8) is 0 Å². The highest BCUT2D eigenvalue weighted by molar-refractivity contribution is 4.70. The number of hydrogen-bond acceptors (Lipinski definition) is 3. The van der Waals surface area contributed by atoms with Gasteiger partial charge in [-0.3, -0.25) is 0 Å². The van der Waals surface area contributed by atoms with E-state index in [4.69, 9.17) is 4.74 Å². The normalized spacial score (nSPS) is 30.5. The molecule has 0 aromatic heterocycles. The monoisotopic (exact) mass is 173 g/mol. The van der Waals surface area contributed by atoms with Crippen molar-refractivity contribution in [2.75, 3.05) is 26.3 Å². The van der Waals surface area contributed by atoms with E-state index in [0.717, 1.165) is 32.5 Å². The van der Waals surface area contributed by atoms with E-state index in [0.29, 0.717) is 12.5 Å². The average molecular weight is 173 g/mol. The number of nitrogens with one attached hydrogen (secondary N) is 1. The summed E-state index contributed by atoms with van der Waals surface area (Å²) in [6.07, 6.45) is 1.79. The minimum atomic E-state index is -0.231. The van der Waals surface area contributed by atoms with Crippen molar-refractivity contribution in [2.45, 2.75) is 25.9 Å². The molecule has 1 aliphatic heterocycles. The topological polar surface area (TPSA) is 41.5 Å². The van der Waals surface area contributed by atoms with Gasteiger partial charge >= 0.3 is 0 Å². The lowest BCUT2D eigenvalue weighted by molar-refractivity contribution is -0.0375. The number of rotatable bonds is 4. The third kappa shape index (κ3) is 3.52. The summed E-state index contributed by atoms with van der Waals surface area (Å²) in [5.41, 5.74) is 0. The molecule has 2 atom stereocenters. The molecule has 12 heavy (non-hydrogen) atoms. The van der Waals surface area contributed by atoms with Crippen molar-refractivity contribution >= 4 is 0 Å². The molecule has 1 fully saturated rings. The zero-order valence-electron chi connectivity index (χ0n) is 7.75. The van der Waals surface area contributed by atoms with Crippen LogP contribution in [0.3, 0.4) is 0 Å². The summed E-state index contributed by atoms with van der Waals surface area (Å²) in [6, 6.07) is 0. The molecule has 1 rings (SSSR count). The third-order valence-electron chi connectivity index (χ3n) is 2.25. The molecule has 0 spiro atoms. The molecule has 0 aliphatic carbocycles. The summed E-state index contributed by atoms with van der Waals surface area (Å²) < 4.78 is 5.25.